The molecule has 8 heteroatoms. The van der Waals surface area contributed by atoms with E-state index in [2.05, 4.69) is 5.32 Å². The highest BCUT2D eigenvalue weighted by Gasteiger charge is 2.27. The van der Waals surface area contributed by atoms with Crippen LogP contribution < -0.4 is 10.6 Å². The van der Waals surface area contributed by atoms with Gasteiger partial charge in [0.2, 0.25) is 5.91 Å². The van der Waals surface area contributed by atoms with Crippen LogP contribution in [0.25, 0.3) is 5.69 Å². The number of aromatic nitrogens is 1. The van der Waals surface area contributed by atoms with E-state index in [0.29, 0.717) is 16.8 Å². The Labute approximate surface area is 165 Å². The molecule has 0 saturated carbocycles. The predicted molar refractivity (Wildman–Crippen MR) is 103 cm³/mol. The summed E-state index contributed by atoms with van der Waals surface area (Å²) >= 11 is 0. The minimum absolute atomic E-state index is 0.175. The van der Waals surface area contributed by atoms with Gasteiger partial charge in [-0.2, -0.15) is 13.2 Å². The lowest BCUT2D eigenvalue weighted by Gasteiger charge is -2.09. The van der Waals surface area contributed by atoms with E-state index in [1.165, 1.54) is 0 Å². The molecule has 0 aliphatic heterocycles. The van der Waals surface area contributed by atoms with Gasteiger partial charge >= 0.3 is 6.18 Å². The van der Waals surface area contributed by atoms with E-state index in [0.717, 1.165) is 5.69 Å². The van der Waals surface area contributed by atoms with E-state index in [4.69, 9.17) is 0 Å². The average Bonchev–Trinajstić information content (AvgIpc) is 3.22. The Morgan fingerprint density at radius 1 is 0.897 bits per heavy atom. The normalized spacial score (nSPS) is 11.1. The second kappa shape index (κ2) is 8.64. The molecule has 2 amide bonds. The maximum atomic E-state index is 12.4. The number of nitrogens with zero attached hydrogens (tertiary/aromatic N) is 1. The fraction of sp³-hybridized carbons (Fsp3) is 0.143. The van der Waals surface area contributed by atoms with Crippen LogP contribution in [-0.2, 0) is 11.2 Å². The van der Waals surface area contributed by atoms with Crippen LogP contribution in [0.2, 0.25) is 0 Å². The van der Waals surface area contributed by atoms with Crippen LogP contribution in [0.1, 0.15) is 15.9 Å². The fourth-order valence-electron chi connectivity index (χ4n) is 2.65. The van der Waals surface area contributed by atoms with Gasteiger partial charge in [0.05, 0.1) is 6.42 Å². The molecule has 3 rings (SSSR count). The molecule has 1 aromatic heterocycles. The van der Waals surface area contributed by atoms with Crippen molar-refractivity contribution in [1.29, 1.82) is 0 Å². The Hall–Kier alpha value is -3.55. The topological polar surface area (TPSA) is 63.1 Å². The fourth-order valence-corrected chi connectivity index (χ4v) is 2.65. The van der Waals surface area contributed by atoms with Crippen LogP contribution >= 0.6 is 0 Å². The van der Waals surface area contributed by atoms with Crippen LogP contribution in [0.4, 0.5) is 18.9 Å². The van der Waals surface area contributed by atoms with E-state index >= 15 is 0 Å². The van der Waals surface area contributed by atoms with Crippen molar-refractivity contribution in [3.05, 3.63) is 84.2 Å². The number of alkyl halides is 3. The van der Waals surface area contributed by atoms with Crippen molar-refractivity contribution in [1.82, 2.24) is 9.88 Å². The molecule has 29 heavy (non-hydrogen) atoms. The van der Waals surface area contributed by atoms with E-state index in [9.17, 15) is 22.8 Å². The lowest BCUT2D eigenvalue weighted by Crippen LogP contribution is -2.34. The van der Waals surface area contributed by atoms with Gasteiger partial charge in [0, 0.05) is 29.3 Å². The molecule has 5 nitrogen and oxygen atoms in total. The monoisotopic (exact) mass is 401 g/mol. The number of carbonyl (C=O) groups is 2. The molecule has 2 aromatic carbocycles. The van der Waals surface area contributed by atoms with Crippen molar-refractivity contribution < 1.29 is 22.8 Å². The molecule has 0 radical (unpaired) electrons. The summed E-state index contributed by atoms with van der Waals surface area (Å²) in [7, 11) is 0. The third-order valence-electron chi connectivity index (χ3n) is 4.09. The van der Waals surface area contributed by atoms with Gasteiger partial charge in [-0.25, -0.2) is 0 Å². The molecule has 2 N–H and O–H groups in total. The zero-order valence-corrected chi connectivity index (χ0v) is 15.2. The Morgan fingerprint density at radius 3 is 2.10 bits per heavy atom. The van der Waals surface area contributed by atoms with E-state index in [1.54, 1.807) is 36.4 Å². The first-order chi connectivity index (χ1) is 13.8. The molecule has 0 saturated heterocycles. The van der Waals surface area contributed by atoms with Crippen LogP contribution in [-0.4, -0.2) is 29.1 Å². The first-order valence-electron chi connectivity index (χ1n) is 8.77. The molecule has 1 heterocycles. The molecule has 0 atom stereocenters. The first-order valence-corrected chi connectivity index (χ1v) is 8.77. The second-order valence-electron chi connectivity index (χ2n) is 6.36. The third-order valence-corrected chi connectivity index (χ3v) is 4.09. The van der Waals surface area contributed by atoms with Crippen LogP contribution in [0.5, 0.6) is 0 Å². The van der Waals surface area contributed by atoms with Crippen molar-refractivity contribution in [2.24, 2.45) is 0 Å². The van der Waals surface area contributed by atoms with Crippen molar-refractivity contribution in [2.75, 3.05) is 11.9 Å². The number of nitrogens with one attached hydrogen (secondary N) is 2. The minimum atomic E-state index is -4.44. The van der Waals surface area contributed by atoms with Gasteiger partial charge in [0.15, 0.2) is 0 Å². The van der Waals surface area contributed by atoms with E-state index < -0.39 is 18.6 Å². The highest BCUT2D eigenvalue weighted by molar-refractivity contribution is 6.04. The number of carbonyl (C=O) groups excluding carboxylic acids is 2. The highest BCUT2D eigenvalue weighted by Crippen LogP contribution is 2.15. The van der Waals surface area contributed by atoms with Gasteiger partial charge in [0.1, 0.15) is 6.54 Å². The zero-order valence-electron chi connectivity index (χ0n) is 15.2. The molecule has 150 valence electrons. The molecule has 0 unspecified atom stereocenters. The molecular formula is C21H18F3N3O2. The van der Waals surface area contributed by atoms with Crippen LogP contribution in [0.15, 0.2) is 73.1 Å². The maximum Gasteiger partial charge on any atom is 0.405 e. The largest absolute Gasteiger partial charge is 0.405 e. The summed E-state index contributed by atoms with van der Waals surface area (Å²) in [5.41, 5.74) is 2.47. The number of benzene rings is 2. The van der Waals surface area contributed by atoms with Gasteiger partial charge in [0.25, 0.3) is 5.91 Å². The van der Waals surface area contributed by atoms with E-state index in [1.807, 2.05) is 46.5 Å². The predicted octanol–water partition coefficient (Wildman–Crippen LogP) is 3.95. The van der Waals surface area contributed by atoms with Gasteiger partial charge in [-0.1, -0.05) is 12.1 Å². The lowest BCUT2D eigenvalue weighted by atomic mass is 10.1. The molecule has 0 aliphatic rings. The van der Waals surface area contributed by atoms with E-state index in [-0.39, 0.29) is 12.3 Å². The maximum absolute atomic E-state index is 12.4. The van der Waals surface area contributed by atoms with Gasteiger partial charge in [-0.3, -0.25) is 9.59 Å². The van der Waals surface area contributed by atoms with Crippen molar-refractivity contribution in [3.63, 3.8) is 0 Å². The number of halogens is 3. The number of anilines is 1. The molecule has 0 aliphatic carbocycles. The summed E-state index contributed by atoms with van der Waals surface area (Å²) < 4.78 is 38.2. The SMILES string of the molecule is O=C(Cc1ccc(NC(=O)c2ccc(-n3cccc3)cc2)cc1)NCC(F)(F)F. The number of hydrogen-bond acceptors (Lipinski definition) is 2. The van der Waals surface area contributed by atoms with Gasteiger partial charge in [-0.15, -0.1) is 0 Å². The summed E-state index contributed by atoms with van der Waals surface area (Å²) in [6.07, 6.45) is -0.810. The zero-order chi connectivity index (χ0) is 20.9. The Bertz CT molecular complexity index is 964. The standard InChI is InChI=1S/C21H18F3N3O2/c22-21(23,24)14-25-19(28)13-15-3-7-17(8-4-15)26-20(29)16-5-9-18(10-6-16)27-11-1-2-12-27/h1-12H,13-14H2,(H,25,28)(H,26,29). The molecular weight excluding hydrogens is 383 g/mol. The number of rotatable bonds is 6. The average molecular weight is 401 g/mol. The van der Waals surface area contributed by atoms with Crippen LogP contribution in [0.3, 0.4) is 0 Å². The third kappa shape index (κ3) is 5.97. The summed E-state index contributed by atoms with van der Waals surface area (Å²) in [4.78, 5) is 23.9. The minimum Gasteiger partial charge on any atom is -0.347 e. The van der Waals surface area contributed by atoms with Crippen LogP contribution in [0, 0.1) is 0 Å². The second-order valence-corrected chi connectivity index (χ2v) is 6.36. The van der Waals surface area contributed by atoms with Gasteiger partial charge in [-0.05, 0) is 54.1 Å². The summed E-state index contributed by atoms with van der Waals surface area (Å²) in [6.45, 7) is -1.36. The summed E-state index contributed by atoms with van der Waals surface area (Å²) in [6, 6.07) is 17.3. The van der Waals surface area contributed by atoms with Crippen molar-refractivity contribution in [3.8, 4) is 5.69 Å². The molecule has 3 aromatic rings. The number of hydrogen-bond donors (Lipinski definition) is 2. The number of amides is 2. The highest BCUT2D eigenvalue weighted by atomic mass is 19.4. The van der Waals surface area contributed by atoms with Crippen molar-refractivity contribution in [2.45, 2.75) is 12.6 Å². The summed E-state index contributed by atoms with van der Waals surface area (Å²) in [5.74, 6) is -1.01. The molecule has 0 spiro atoms. The quantitative estimate of drug-likeness (QED) is 0.657. The Morgan fingerprint density at radius 2 is 1.52 bits per heavy atom. The lowest BCUT2D eigenvalue weighted by molar-refractivity contribution is -0.138. The van der Waals surface area contributed by atoms with Gasteiger partial charge < -0.3 is 15.2 Å². The summed E-state index contributed by atoms with van der Waals surface area (Å²) in [5, 5.41) is 4.56. The Kier molecular flexibility index (Phi) is 6.01. The Balaban J connectivity index is 1.55. The smallest absolute Gasteiger partial charge is 0.347 e. The molecule has 0 bridgehead atoms. The molecule has 0 fully saturated rings. The van der Waals surface area contributed by atoms with Crippen molar-refractivity contribution >= 4 is 17.5 Å². The first kappa shape index (κ1) is 20.2.